The smallest absolute Gasteiger partial charge is 0.416 e. The molecule has 1 saturated heterocycles. The van der Waals surface area contributed by atoms with E-state index in [2.05, 4.69) is 5.10 Å². The highest BCUT2D eigenvalue weighted by atomic mass is 35.5. The molecule has 2 fully saturated rings. The Morgan fingerprint density at radius 3 is 2.55 bits per heavy atom. The summed E-state index contributed by atoms with van der Waals surface area (Å²) < 4.78 is 41.9. The van der Waals surface area contributed by atoms with E-state index in [4.69, 9.17) is 11.6 Å². The number of benzene rings is 2. The van der Waals surface area contributed by atoms with Crippen LogP contribution in [0.25, 0.3) is 17.0 Å². The van der Waals surface area contributed by atoms with Crippen LogP contribution in [0.3, 0.4) is 0 Å². The molecule has 2 heterocycles. The van der Waals surface area contributed by atoms with Crippen LogP contribution < -0.4 is 0 Å². The van der Waals surface area contributed by atoms with E-state index >= 15 is 0 Å². The zero-order valence-corrected chi connectivity index (χ0v) is 21.3. The Hall–Kier alpha value is -3.31. The first-order chi connectivity index (χ1) is 18.0. The molecule has 38 heavy (non-hydrogen) atoms. The quantitative estimate of drug-likeness (QED) is 0.359. The summed E-state index contributed by atoms with van der Waals surface area (Å²) in [5.74, 6) is -1.71. The molecule has 1 aromatic heterocycles. The molecule has 2 amide bonds. The Morgan fingerprint density at radius 2 is 1.87 bits per heavy atom. The van der Waals surface area contributed by atoms with Crippen molar-refractivity contribution in [2.45, 2.75) is 44.4 Å². The van der Waals surface area contributed by atoms with Crippen LogP contribution in [-0.4, -0.2) is 42.9 Å². The summed E-state index contributed by atoms with van der Waals surface area (Å²) >= 11 is 6.62. The third-order valence-electron chi connectivity index (χ3n) is 6.90. The van der Waals surface area contributed by atoms with E-state index in [-0.39, 0.29) is 33.3 Å². The molecule has 2 aliphatic rings. The molecular formula is C26H21ClF3N3O4S. The summed E-state index contributed by atoms with van der Waals surface area (Å²) in [6, 6.07) is 8.47. The van der Waals surface area contributed by atoms with E-state index in [1.54, 1.807) is 24.3 Å². The number of carboxylic acids is 1. The number of carbonyl (C=O) groups is 3. The van der Waals surface area contributed by atoms with Gasteiger partial charge in [-0.3, -0.25) is 24.0 Å². The van der Waals surface area contributed by atoms with Gasteiger partial charge in [0.15, 0.2) is 0 Å². The third kappa shape index (κ3) is 5.17. The van der Waals surface area contributed by atoms with Gasteiger partial charge in [0.1, 0.15) is 0 Å². The topological polar surface area (TPSA) is 92.5 Å². The minimum Gasteiger partial charge on any atom is -0.481 e. The van der Waals surface area contributed by atoms with Gasteiger partial charge < -0.3 is 5.11 Å². The number of carbonyl (C=O) groups excluding carboxylic acids is 2. The number of hydrogen-bond acceptors (Lipinski definition) is 5. The van der Waals surface area contributed by atoms with E-state index in [0.29, 0.717) is 42.1 Å². The SMILES string of the molecule is O=C(O)C1CCC(N2C(=O)SC(=Cc3ccc4c(cnn4Cc4ccc(Cl)cc4C(F)(F)F)c3)C2=O)CC1. The maximum absolute atomic E-state index is 13.5. The first-order valence-electron chi connectivity index (χ1n) is 11.8. The molecule has 3 aromatic rings. The Morgan fingerprint density at radius 1 is 1.13 bits per heavy atom. The van der Waals surface area contributed by atoms with Crippen LogP contribution in [0.4, 0.5) is 18.0 Å². The van der Waals surface area contributed by atoms with Gasteiger partial charge in [-0.25, -0.2) is 0 Å². The van der Waals surface area contributed by atoms with Gasteiger partial charge in [-0.05, 0) is 78.9 Å². The van der Waals surface area contributed by atoms with Gasteiger partial charge in [0.25, 0.3) is 11.1 Å². The number of alkyl halides is 3. The summed E-state index contributed by atoms with van der Waals surface area (Å²) in [4.78, 5) is 38.3. The van der Waals surface area contributed by atoms with Crippen molar-refractivity contribution in [1.29, 1.82) is 0 Å². The van der Waals surface area contributed by atoms with Crippen molar-refractivity contribution in [3.8, 4) is 0 Å². The maximum Gasteiger partial charge on any atom is 0.416 e. The average Bonchev–Trinajstić information content (AvgIpc) is 3.38. The second-order valence-electron chi connectivity index (χ2n) is 9.32. The van der Waals surface area contributed by atoms with E-state index in [9.17, 15) is 32.7 Å². The number of halogens is 4. The van der Waals surface area contributed by atoms with Gasteiger partial charge in [-0.15, -0.1) is 0 Å². The average molecular weight is 564 g/mol. The van der Waals surface area contributed by atoms with E-state index in [0.717, 1.165) is 17.8 Å². The van der Waals surface area contributed by atoms with Gasteiger partial charge in [-0.1, -0.05) is 23.7 Å². The van der Waals surface area contributed by atoms with Crippen molar-refractivity contribution < 1.29 is 32.7 Å². The lowest BCUT2D eigenvalue weighted by Crippen LogP contribution is -2.41. The second-order valence-corrected chi connectivity index (χ2v) is 10.7. The molecule has 0 unspecified atom stereocenters. The van der Waals surface area contributed by atoms with Crippen LogP contribution in [-0.2, 0) is 22.3 Å². The molecule has 0 atom stereocenters. The lowest BCUT2D eigenvalue weighted by molar-refractivity contribution is -0.143. The second kappa shape index (κ2) is 10.1. The van der Waals surface area contributed by atoms with Crippen molar-refractivity contribution in [2.75, 3.05) is 0 Å². The van der Waals surface area contributed by atoms with Gasteiger partial charge >= 0.3 is 12.1 Å². The van der Waals surface area contributed by atoms with Gasteiger partial charge in [0, 0.05) is 16.5 Å². The van der Waals surface area contributed by atoms with Crippen molar-refractivity contribution in [2.24, 2.45) is 5.92 Å². The number of hydrogen-bond donors (Lipinski definition) is 1. The summed E-state index contributed by atoms with van der Waals surface area (Å²) in [5, 5.41) is 13.7. The Bertz CT molecular complexity index is 1480. The Labute approximate surface area is 224 Å². The zero-order chi connectivity index (χ0) is 27.2. The van der Waals surface area contributed by atoms with E-state index in [1.807, 2.05) is 0 Å². The van der Waals surface area contributed by atoms with Crippen LogP contribution in [0.1, 0.15) is 42.4 Å². The monoisotopic (exact) mass is 563 g/mol. The molecule has 198 valence electrons. The highest BCUT2D eigenvalue weighted by molar-refractivity contribution is 8.18. The standard InChI is InChI=1S/C26H21ClF3N3O4S/c27-18-5-2-16(20(11-18)26(28,29)30)13-32-21-8-1-14(9-17(21)12-31-32)10-22-23(34)33(25(37)38-22)19-6-3-15(4-7-19)24(35)36/h1-2,5,8-12,15,19H,3-4,6-7,13H2,(H,35,36). The number of imide groups is 1. The number of rotatable bonds is 5. The maximum atomic E-state index is 13.5. The molecule has 5 rings (SSSR count). The zero-order valence-electron chi connectivity index (χ0n) is 19.7. The molecule has 1 saturated carbocycles. The number of carboxylic acid groups (broad SMARTS) is 1. The van der Waals surface area contributed by atoms with Crippen molar-refractivity contribution in [3.05, 3.63) is 69.2 Å². The third-order valence-corrected chi connectivity index (χ3v) is 8.01. The van der Waals surface area contributed by atoms with E-state index < -0.39 is 29.5 Å². The molecule has 2 aromatic carbocycles. The molecule has 1 aliphatic carbocycles. The highest BCUT2D eigenvalue weighted by Gasteiger charge is 2.41. The number of amides is 2. The van der Waals surface area contributed by atoms with Crippen LogP contribution >= 0.6 is 23.4 Å². The molecule has 12 heteroatoms. The number of nitrogens with zero attached hydrogens (tertiary/aromatic N) is 3. The number of aliphatic carboxylic acids is 1. The Kier molecular flexibility index (Phi) is 6.99. The highest BCUT2D eigenvalue weighted by Crippen LogP contribution is 2.39. The molecule has 1 aliphatic heterocycles. The fraction of sp³-hybridized carbons (Fsp3) is 0.308. The first-order valence-corrected chi connectivity index (χ1v) is 13.0. The van der Waals surface area contributed by atoms with Crippen LogP contribution in [0.15, 0.2) is 47.5 Å². The van der Waals surface area contributed by atoms with Crippen molar-refractivity contribution in [1.82, 2.24) is 14.7 Å². The summed E-state index contributed by atoms with van der Waals surface area (Å²) in [6.45, 7) is -0.113. The lowest BCUT2D eigenvalue weighted by atomic mass is 9.85. The van der Waals surface area contributed by atoms with Crippen molar-refractivity contribution in [3.63, 3.8) is 0 Å². The molecule has 1 N–H and O–H groups in total. The largest absolute Gasteiger partial charge is 0.481 e. The first kappa shape index (κ1) is 26.3. The van der Waals surface area contributed by atoms with Crippen LogP contribution in [0.2, 0.25) is 5.02 Å². The summed E-state index contributed by atoms with van der Waals surface area (Å²) in [5.41, 5.74) is 0.451. The molecule has 0 bridgehead atoms. The van der Waals surface area contributed by atoms with Crippen LogP contribution in [0, 0.1) is 5.92 Å². The summed E-state index contributed by atoms with van der Waals surface area (Å²) in [6.07, 6.45) is 0.320. The van der Waals surface area contributed by atoms with Gasteiger partial charge in [0.05, 0.1) is 34.6 Å². The molecule has 0 spiro atoms. The normalized spacial score (nSPS) is 21.6. The van der Waals surface area contributed by atoms with Gasteiger partial charge in [-0.2, -0.15) is 18.3 Å². The number of fused-ring (bicyclic) bond motifs is 1. The van der Waals surface area contributed by atoms with Crippen molar-refractivity contribution >= 4 is 57.5 Å². The van der Waals surface area contributed by atoms with Gasteiger partial charge in [0.2, 0.25) is 0 Å². The minimum absolute atomic E-state index is 0.00611. The predicted octanol–water partition coefficient (Wildman–Crippen LogP) is 6.44. The Balaban J connectivity index is 1.35. The van der Waals surface area contributed by atoms with Crippen LogP contribution in [0.5, 0.6) is 0 Å². The molecular weight excluding hydrogens is 543 g/mol. The number of aromatic nitrogens is 2. The molecule has 7 nitrogen and oxygen atoms in total. The fourth-order valence-electron chi connectivity index (χ4n) is 4.96. The summed E-state index contributed by atoms with van der Waals surface area (Å²) in [7, 11) is 0. The molecule has 0 radical (unpaired) electrons. The predicted molar refractivity (Wildman–Crippen MR) is 136 cm³/mol. The fourth-order valence-corrected chi connectivity index (χ4v) is 6.03. The number of thioether (sulfide) groups is 1. The lowest BCUT2D eigenvalue weighted by Gasteiger charge is -2.31. The minimum atomic E-state index is -4.56. The van der Waals surface area contributed by atoms with E-state index in [1.165, 1.54) is 27.9 Å².